The predicted molar refractivity (Wildman–Crippen MR) is 73.5 cm³/mol. The summed E-state index contributed by atoms with van der Waals surface area (Å²) in [5.74, 6) is 0.661. The molecule has 3 rings (SSSR count). The fourth-order valence-electron chi connectivity index (χ4n) is 2.45. The van der Waals surface area contributed by atoms with E-state index in [2.05, 4.69) is 20.4 Å². The van der Waals surface area contributed by atoms with Crippen LogP contribution in [0.1, 0.15) is 27.5 Å². The van der Waals surface area contributed by atoms with Crippen LogP contribution >= 0.6 is 11.6 Å². The van der Waals surface area contributed by atoms with E-state index in [-0.39, 0.29) is 5.91 Å². The maximum absolute atomic E-state index is 11.8. The summed E-state index contributed by atoms with van der Waals surface area (Å²) >= 11 is 5.77. The molecule has 1 aliphatic heterocycles. The molecule has 7 heteroatoms. The highest BCUT2D eigenvalue weighted by atomic mass is 35.5. The Balaban J connectivity index is 1.77. The second-order valence-electron chi connectivity index (χ2n) is 4.77. The van der Waals surface area contributed by atoms with Gasteiger partial charge < -0.3 is 9.73 Å². The maximum atomic E-state index is 11.8. The number of amides is 1. The smallest absolute Gasteiger partial charge is 0.271 e. The lowest BCUT2D eigenvalue weighted by molar-refractivity contribution is 0.0955. The number of hydrogen-bond donors (Lipinski definition) is 2. The van der Waals surface area contributed by atoms with E-state index >= 15 is 0 Å². The summed E-state index contributed by atoms with van der Waals surface area (Å²) in [7, 11) is 1.61. The average Bonchev–Trinajstić information content (AvgIpc) is 3.04. The molecule has 0 spiro atoms. The molecule has 0 radical (unpaired) electrons. The number of aromatic nitrogens is 2. The van der Waals surface area contributed by atoms with Crippen LogP contribution in [0.15, 0.2) is 16.5 Å². The first-order valence-electron chi connectivity index (χ1n) is 6.42. The second-order valence-corrected chi connectivity index (χ2v) is 5.15. The third-order valence-corrected chi connectivity index (χ3v) is 3.67. The summed E-state index contributed by atoms with van der Waals surface area (Å²) in [5.41, 5.74) is 2.48. The van der Waals surface area contributed by atoms with Crippen LogP contribution in [0.25, 0.3) is 0 Å². The van der Waals surface area contributed by atoms with Gasteiger partial charge in [-0.25, -0.2) is 0 Å². The van der Waals surface area contributed by atoms with Crippen molar-refractivity contribution in [2.24, 2.45) is 0 Å². The number of nitrogens with zero attached hydrogens (tertiary/aromatic N) is 2. The van der Waals surface area contributed by atoms with Crippen LogP contribution in [-0.2, 0) is 19.5 Å². The Morgan fingerprint density at radius 2 is 2.45 bits per heavy atom. The molecule has 1 aliphatic rings. The third kappa shape index (κ3) is 2.44. The van der Waals surface area contributed by atoms with Crippen LogP contribution < -0.4 is 5.32 Å². The van der Waals surface area contributed by atoms with Crippen LogP contribution in [0.4, 0.5) is 0 Å². The Kier molecular flexibility index (Phi) is 3.50. The van der Waals surface area contributed by atoms with Crippen LogP contribution in [0.3, 0.4) is 0 Å². The molecule has 106 valence electrons. The van der Waals surface area contributed by atoms with E-state index in [1.165, 1.54) is 0 Å². The molecule has 0 saturated carbocycles. The first kappa shape index (κ1) is 13.2. The van der Waals surface area contributed by atoms with Crippen molar-refractivity contribution in [3.8, 4) is 0 Å². The van der Waals surface area contributed by atoms with Gasteiger partial charge in [0.1, 0.15) is 5.76 Å². The van der Waals surface area contributed by atoms with Crippen molar-refractivity contribution in [1.82, 2.24) is 20.4 Å². The van der Waals surface area contributed by atoms with Crippen molar-refractivity contribution < 1.29 is 9.21 Å². The highest BCUT2D eigenvalue weighted by Crippen LogP contribution is 2.23. The van der Waals surface area contributed by atoms with Gasteiger partial charge in [-0.15, -0.1) is 0 Å². The first-order valence-corrected chi connectivity index (χ1v) is 6.80. The summed E-state index contributed by atoms with van der Waals surface area (Å²) in [6, 6.07) is 3.60. The Bertz CT molecular complexity index is 634. The molecule has 1 amide bonds. The molecule has 2 aromatic rings. The molecule has 0 saturated heterocycles. The van der Waals surface area contributed by atoms with Gasteiger partial charge in [-0.2, -0.15) is 5.10 Å². The van der Waals surface area contributed by atoms with Crippen molar-refractivity contribution in [1.29, 1.82) is 0 Å². The summed E-state index contributed by atoms with van der Waals surface area (Å²) < 4.78 is 5.38. The van der Waals surface area contributed by atoms with E-state index in [4.69, 9.17) is 16.0 Å². The summed E-state index contributed by atoms with van der Waals surface area (Å²) in [6.07, 6.45) is 0.841. The van der Waals surface area contributed by atoms with Gasteiger partial charge in [0.25, 0.3) is 5.91 Å². The summed E-state index contributed by atoms with van der Waals surface area (Å²) in [4.78, 5) is 14.0. The zero-order valence-corrected chi connectivity index (χ0v) is 11.8. The number of H-pyrrole nitrogens is 1. The minimum Gasteiger partial charge on any atom is -0.448 e. The molecule has 20 heavy (non-hydrogen) atoms. The van der Waals surface area contributed by atoms with E-state index in [1.807, 2.05) is 6.07 Å². The largest absolute Gasteiger partial charge is 0.448 e. The van der Waals surface area contributed by atoms with Gasteiger partial charge in [-0.1, -0.05) is 0 Å². The highest BCUT2D eigenvalue weighted by molar-refractivity contribution is 6.28. The molecule has 0 aromatic carbocycles. The van der Waals surface area contributed by atoms with E-state index < -0.39 is 0 Å². The quantitative estimate of drug-likeness (QED) is 0.901. The molecule has 2 N–H and O–H groups in total. The number of aromatic amines is 1. The van der Waals surface area contributed by atoms with Gasteiger partial charge in [0, 0.05) is 37.8 Å². The van der Waals surface area contributed by atoms with Gasteiger partial charge in [0.15, 0.2) is 10.9 Å². The minimum atomic E-state index is -0.162. The van der Waals surface area contributed by atoms with Crippen molar-refractivity contribution >= 4 is 17.5 Å². The SMILES string of the molecule is CNC(=O)c1n[nH]c2c1CN(Cc1ccc(Cl)o1)CC2. The van der Waals surface area contributed by atoms with E-state index in [1.54, 1.807) is 13.1 Å². The molecular weight excluding hydrogens is 280 g/mol. The number of furan rings is 1. The third-order valence-electron chi connectivity index (χ3n) is 3.46. The Morgan fingerprint density at radius 1 is 1.60 bits per heavy atom. The van der Waals surface area contributed by atoms with Gasteiger partial charge in [0.05, 0.1) is 6.54 Å². The predicted octanol–water partition coefficient (Wildman–Crippen LogP) is 1.57. The van der Waals surface area contributed by atoms with Crippen LogP contribution in [-0.4, -0.2) is 34.6 Å². The van der Waals surface area contributed by atoms with Gasteiger partial charge in [-0.05, 0) is 23.7 Å². The lowest BCUT2D eigenvalue weighted by Gasteiger charge is -2.25. The molecule has 3 heterocycles. The van der Waals surface area contributed by atoms with Gasteiger partial charge >= 0.3 is 0 Å². The normalized spacial score (nSPS) is 15.1. The summed E-state index contributed by atoms with van der Waals surface area (Å²) in [5, 5.41) is 10.1. The monoisotopic (exact) mass is 294 g/mol. The van der Waals surface area contributed by atoms with Gasteiger partial charge in [0.2, 0.25) is 0 Å². The zero-order valence-electron chi connectivity index (χ0n) is 11.1. The minimum absolute atomic E-state index is 0.162. The lowest BCUT2D eigenvalue weighted by Crippen LogP contribution is -2.31. The number of hydrogen-bond acceptors (Lipinski definition) is 4. The zero-order chi connectivity index (χ0) is 14.1. The molecular formula is C13H15ClN4O2. The number of carbonyl (C=O) groups excluding carboxylic acids is 1. The van der Waals surface area contributed by atoms with Crippen molar-refractivity contribution in [3.05, 3.63) is 40.1 Å². The number of carbonyl (C=O) groups is 1. The fraction of sp³-hybridized carbons (Fsp3) is 0.385. The molecule has 0 bridgehead atoms. The van der Waals surface area contributed by atoms with E-state index in [0.717, 1.165) is 30.0 Å². The van der Waals surface area contributed by atoms with Crippen molar-refractivity contribution in [3.63, 3.8) is 0 Å². The topological polar surface area (TPSA) is 74.2 Å². The Morgan fingerprint density at radius 3 is 3.15 bits per heavy atom. The fourth-order valence-corrected chi connectivity index (χ4v) is 2.61. The van der Waals surface area contributed by atoms with Gasteiger partial charge in [-0.3, -0.25) is 14.8 Å². The summed E-state index contributed by atoms with van der Waals surface area (Å²) in [6.45, 7) is 2.23. The number of halogens is 1. The van der Waals surface area contributed by atoms with E-state index in [0.29, 0.717) is 24.0 Å². The van der Waals surface area contributed by atoms with Crippen LogP contribution in [0, 0.1) is 0 Å². The van der Waals surface area contributed by atoms with Crippen LogP contribution in [0.2, 0.25) is 5.22 Å². The average molecular weight is 295 g/mol. The number of fused-ring (bicyclic) bond motifs is 1. The Labute approximate surface area is 121 Å². The molecule has 0 fully saturated rings. The molecule has 6 nitrogen and oxygen atoms in total. The molecule has 2 aromatic heterocycles. The Hall–Kier alpha value is -1.79. The maximum Gasteiger partial charge on any atom is 0.271 e. The second kappa shape index (κ2) is 5.30. The first-order chi connectivity index (χ1) is 9.67. The van der Waals surface area contributed by atoms with Crippen molar-refractivity contribution in [2.75, 3.05) is 13.6 Å². The van der Waals surface area contributed by atoms with Crippen molar-refractivity contribution in [2.45, 2.75) is 19.5 Å². The van der Waals surface area contributed by atoms with Crippen LogP contribution in [0.5, 0.6) is 0 Å². The molecule has 0 atom stereocenters. The standard InChI is InChI=1S/C13H15ClN4O2/c1-15-13(19)12-9-7-18(5-4-10(9)16-17-12)6-8-2-3-11(14)20-8/h2-3H,4-7H2,1H3,(H,15,19)(H,16,17). The number of nitrogens with one attached hydrogen (secondary N) is 2. The number of rotatable bonds is 3. The van der Waals surface area contributed by atoms with E-state index in [9.17, 15) is 4.79 Å². The molecule has 0 unspecified atom stereocenters. The highest BCUT2D eigenvalue weighted by Gasteiger charge is 2.25. The lowest BCUT2D eigenvalue weighted by atomic mass is 10.0. The molecule has 0 aliphatic carbocycles.